The summed E-state index contributed by atoms with van der Waals surface area (Å²) in [7, 11) is 0. The molecule has 1 aliphatic heterocycles. The highest BCUT2D eigenvalue weighted by molar-refractivity contribution is 6.44. The van der Waals surface area contributed by atoms with E-state index < -0.39 is 0 Å². The molecule has 0 bridgehead atoms. The second kappa shape index (κ2) is 8.72. The fourth-order valence-electron chi connectivity index (χ4n) is 3.80. The first kappa shape index (κ1) is 19.8. The molecule has 1 amide bonds. The number of amides is 1. The molecular formula is C17H24Cl3N3O. The van der Waals surface area contributed by atoms with Crippen molar-refractivity contribution in [2.24, 2.45) is 0 Å². The summed E-state index contributed by atoms with van der Waals surface area (Å²) in [6.07, 6.45) is 6.15. The van der Waals surface area contributed by atoms with Crippen molar-refractivity contribution >= 4 is 47.2 Å². The van der Waals surface area contributed by atoms with Gasteiger partial charge in [0.25, 0.3) is 0 Å². The number of benzene rings is 1. The van der Waals surface area contributed by atoms with Crippen molar-refractivity contribution in [2.75, 3.05) is 31.5 Å². The number of nitrogens with zero attached hydrogens (tertiary/aromatic N) is 1. The molecule has 2 N–H and O–H groups in total. The van der Waals surface area contributed by atoms with E-state index in [1.165, 1.54) is 32.1 Å². The van der Waals surface area contributed by atoms with Crippen molar-refractivity contribution in [3.63, 3.8) is 0 Å². The zero-order valence-corrected chi connectivity index (χ0v) is 15.9. The minimum atomic E-state index is -0.0268. The average Bonchev–Trinajstić information content (AvgIpc) is 2.55. The summed E-state index contributed by atoms with van der Waals surface area (Å²) in [6, 6.07) is 5.28. The number of carbonyl (C=O) groups excluding carboxylic acids is 1. The molecule has 1 aromatic rings. The summed E-state index contributed by atoms with van der Waals surface area (Å²) in [6.45, 7) is 3.24. The molecule has 3 rings (SSSR count). The first-order chi connectivity index (χ1) is 11.1. The fraction of sp³-hybridized carbons (Fsp3) is 0.588. The van der Waals surface area contributed by atoms with Crippen LogP contribution in [0.15, 0.2) is 18.2 Å². The van der Waals surface area contributed by atoms with Crippen LogP contribution in [-0.4, -0.2) is 42.5 Å². The third-order valence-corrected chi connectivity index (χ3v) is 5.85. The van der Waals surface area contributed by atoms with Crippen LogP contribution in [0.5, 0.6) is 0 Å². The topological polar surface area (TPSA) is 44.4 Å². The number of carbonyl (C=O) groups is 1. The summed E-state index contributed by atoms with van der Waals surface area (Å²) in [5, 5.41) is 7.26. The molecule has 7 heteroatoms. The fourth-order valence-corrected chi connectivity index (χ4v) is 4.14. The lowest BCUT2D eigenvalue weighted by atomic mass is 9.79. The maximum absolute atomic E-state index is 12.5. The summed E-state index contributed by atoms with van der Waals surface area (Å²) < 4.78 is 0. The second-order valence-corrected chi connectivity index (χ2v) is 7.32. The third-order valence-electron chi connectivity index (χ3n) is 5.03. The molecule has 0 atom stereocenters. The van der Waals surface area contributed by atoms with Crippen LogP contribution in [0.2, 0.25) is 10.0 Å². The highest BCUT2D eigenvalue weighted by Gasteiger charge is 2.40. The SMILES string of the molecule is Cl.O=C(CN1CCNCC12CCCCC2)Nc1cccc(Cl)c1Cl. The highest BCUT2D eigenvalue weighted by Crippen LogP contribution is 2.34. The van der Waals surface area contributed by atoms with Gasteiger partial charge in [-0.2, -0.15) is 0 Å². The minimum absolute atomic E-state index is 0. The van der Waals surface area contributed by atoms with Crippen molar-refractivity contribution in [1.82, 2.24) is 10.2 Å². The Morgan fingerprint density at radius 3 is 2.75 bits per heavy atom. The molecule has 1 saturated carbocycles. The Morgan fingerprint density at radius 1 is 1.25 bits per heavy atom. The standard InChI is InChI=1S/C17H23Cl2N3O.ClH/c18-13-5-4-6-14(16(13)19)21-15(23)11-22-10-9-20-12-17(22)7-2-1-3-8-17;/h4-6,20H,1-3,7-12H2,(H,21,23);1H. The molecule has 0 unspecified atom stereocenters. The summed E-state index contributed by atoms with van der Waals surface area (Å²) in [5.41, 5.74) is 0.725. The van der Waals surface area contributed by atoms with Crippen molar-refractivity contribution in [2.45, 2.75) is 37.6 Å². The van der Waals surface area contributed by atoms with Crippen LogP contribution in [0.4, 0.5) is 5.69 Å². The van der Waals surface area contributed by atoms with Gasteiger partial charge in [-0.25, -0.2) is 0 Å². The molecule has 2 fully saturated rings. The lowest BCUT2D eigenvalue weighted by Gasteiger charge is -2.49. The van der Waals surface area contributed by atoms with Crippen LogP contribution in [0.3, 0.4) is 0 Å². The van der Waals surface area contributed by atoms with E-state index >= 15 is 0 Å². The van der Waals surface area contributed by atoms with Crippen LogP contribution in [-0.2, 0) is 4.79 Å². The molecule has 2 aliphatic rings. The lowest BCUT2D eigenvalue weighted by Crippen LogP contribution is -2.63. The van der Waals surface area contributed by atoms with E-state index in [0.29, 0.717) is 22.3 Å². The second-order valence-electron chi connectivity index (χ2n) is 6.53. The normalized spacial score (nSPS) is 20.4. The van der Waals surface area contributed by atoms with Gasteiger partial charge in [-0.15, -0.1) is 12.4 Å². The Morgan fingerprint density at radius 2 is 2.00 bits per heavy atom. The van der Waals surface area contributed by atoms with Crippen LogP contribution in [0.25, 0.3) is 0 Å². The zero-order chi connectivity index (χ0) is 16.3. The predicted molar refractivity (Wildman–Crippen MR) is 103 cm³/mol. The minimum Gasteiger partial charge on any atom is -0.324 e. The first-order valence-electron chi connectivity index (χ1n) is 8.30. The molecule has 1 heterocycles. The molecule has 1 aromatic carbocycles. The van der Waals surface area contributed by atoms with Crippen molar-refractivity contribution in [3.05, 3.63) is 28.2 Å². The number of piperazine rings is 1. The Labute approximate surface area is 159 Å². The van der Waals surface area contributed by atoms with E-state index in [4.69, 9.17) is 23.2 Å². The molecule has 134 valence electrons. The highest BCUT2D eigenvalue weighted by atomic mass is 35.5. The van der Waals surface area contributed by atoms with Crippen LogP contribution >= 0.6 is 35.6 Å². The number of nitrogens with one attached hydrogen (secondary N) is 2. The Bertz CT molecular complexity index is 568. The van der Waals surface area contributed by atoms with Crippen molar-refractivity contribution < 1.29 is 4.79 Å². The Hall–Kier alpha value is -0.520. The third kappa shape index (κ3) is 4.36. The molecule has 4 nitrogen and oxygen atoms in total. The van der Waals surface area contributed by atoms with Crippen LogP contribution < -0.4 is 10.6 Å². The lowest BCUT2D eigenvalue weighted by molar-refractivity contribution is -0.120. The van der Waals surface area contributed by atoms with Crippen LogP contribution in [0.1, 0.15) is 32.1 Å². The maximum atomic E-state index is 12.5. The number of anilines is 1. The molecule has 0 radical (unpaired) electrons. The van der Waals surface area contributed by atoms with E-state index in [1.807, 2.05) is 0 Å². The van der Waals surface area contributed by atoms with E-state index in [1.54, 1.807) is 18.2 Å². The zero-order valence-electron chi connectivity index (χ0n) is 13.6. The quantitative estimate of drug-likeness (QED) is 0.818. The summed E-state index contributed by atoms with van der Waals surface area (Å²) >= 11 is 12.2. The predicted octanol–water partition coefficient (Wildman–Crippen LogP) is 3.96. The van der Waals surface area contributed by atoms with Gasteiger partial charge in [0.15, 0.2) is 0 Å². The summed E-state index contributed by atoms with van der Waals surface area (Å²) in [5.74, 6) is -0.0268. The van der Waals surface area contributed by atoms with Gasteiger partial charge in [-0.1, -0.05) is 48.5 Å². The van der Waals surface area contributed by atoms with Gasteiger partial charge in [0.1, 0.15) is 0 Å². The maximum Gasteiger partial charge on any atom is 0.238 e. The van der Waals surface area contributed by atoms with E-state index in [2.05, 4.69) is 15.5 Å². The monoisotopic (exact) mass is 391 g/mol. The molecular weight excluding hydrogens is 369 g/mol. The van der Waals surface area contributed by atoms with Gasteiger partial charge in [0.2, 0.25) is 5.91 Å². The molecule has 1 aliphatic carbocycles. The Kier molecular flexibility index (Phi) is 7.20. The van der Waals surface area contributed by atoms with Gasteiger partial charge in [-0.05, 0) is 25.0 Å². The molecule has 24 heavy (non-hydrogen) atoms. The molecule has 1 spiro atoms. The molecule has 0 aromatic heterocycles. The largest absolute Gasteiger partial charge is 0.324 e. The van der Waals surface area contributed by atoms with E-state index in [9.17, 15) is 4.79 Å². The van der Waals surface area contributed by atoms with Gasteiger partial charge in [0.05, 0.1) is 22.3 Å². The van der Waals surface area contributed by atoms with E-state index in [-0.39, 0.29) is 23.9 Å². The average molecular weight is 393 g/mol. The van der Waals surface area contributed by atoms with Crippen molar-refractivity contribution in [1.29, 1.82) is 0 Å². The number of halogens is 3. The van der Waals surface area contributed by atoms with E-state index in [0.717, 1.165) is 19.6 Å². The molecule has 1 saturated heterocycles. The Balaban J connectivity index is 0.00000208. The van der Waals surface area contributed by atoms with Crippen molar-refractivity contribution in [3.8, 4) is 0 Å². The van der Waals surface area contributed by atoms with Gasteiger partial charge < -0.3 is 10.6 Å². The number of hydrogen-bond donors (Lipinski definition) is 2. The van der Waals surface area contributed by atoms with Crippen LogP contribution in [0, 0.1) is 0 Å². The smallest absolute Gasteiger partial charge is 0.238 e. The van der Waals surface area contributed by atoms with Gasteiger partial charge >= 0.3 is 0 Å². The van der Waals surface area contributed by atoms with Gasteiger partial charge in [-0.3, -0.25) is 9.69 Å². The number of rotatable bonds is 3. The first-order valence-corrected chi connectivity index (χ1v) is 9.06. The summed E-state index contributed by atoms with van der Waals surface area (Å²) in [4.78, 5) is 14.9. The number of hydrogen-bond acceptors (Lipinski definition) is 3. The van der Waals surface area contributed by atoms with Gasteiger partial charge in [0, 0.05) is 25.2 Å².